The summed E-state index contributed by atoms with van der Waals surface area (Å²) in [6, 6.07) is 5.21. The first-order valence-corrected chi connectivity index (χ1v) is 4.13. The van der Waals surface area contributed by atoms with Crippen LogP contribution in [0.4, 0.5) is 11.4 Å². The smallest absolute Gasteiger partial charge is 0.337 e. The highest BCUT2D eigenvalue weighted by Gasteiger charge is 2.15. The summed E-state index contributed by atoms with van der Waals surface area (Å²) in [5, 5.41) is 15.1. The number of carbonyl (C=O) groups is 1. The fourth-order valence-corrected chi connectivity index (χ4v) is 1.45. The van der Waals surface area contributed by atoms with Gasteiger partial charge in [-0.15, -0.1) is 0 Å². The molecule has 0 amide bonds. The minimum atomic E-state index is -0.895. The number of hydrogen-bond acceptors (Lipinski definition) is 3. The Balaban J connectivity index is 2.52. The summed E-state index contributed by atoms with van der Waals surface area (Å²) in [7, 11) is 0. The maximum atomic E-state index is 10.8. The van der Waals surface area contributed by atoms with Crippen LogP contribution in [0.25, 0.3) is 0 Å². The Kier molecular flexibility index (Phi) is 1.81. The van der Waals surface area contributed by atoms with Crippen LogP contribution >= 0.6 is 0 Å². The van der Waals surface area contributed by atoms with Crippen LogP contribution in [0.15, 0.2) is 18.2 Å². The molecule has 1 heterocycles. The SMILES string of the molecule is O=C(O)c1cccc2c1NCCN2. The van der Waals surface area contributed by atoms with Crippen molar-refractivity contribution in [2.75, 3.05) is 23.7 Å². The summed E-state index contributed by atoms with van der Waals surface area (Å²) in [5.74, 6) is -0.895. The van der Waals surface area contributed by atoms with E-state index in [4.69, 9.17) is 5.11 Å². The van der Waals surface area contributed by atoms with Crippen LogP contribution in [-0.2, 0) is 0 Å². The molecule has 0 bridgehead atoms. The van der Waals surface area contributed by atoms with Crippen LogP contribution in [0.2, 0.25) is 0 Å². The fraction of sp³-hybridized carbons (Fsp3) is 0.222. The Morgan fingerprint density at radius 1 is 1.31 bits per heavy atom. The van der Waals surface area contributed by atoms with Crippen LogP contribution < -0.4 is 10.6 Å². The third-order valence-corrected chi connectivity index (χ3v) is 2.04. The van der Waals surface area contributed by atoms with E-state index in [1.54, 1.807) is 12.1 Å². The Morgan fingerprint density at radius 2 is 2.08 bits per heavy atom. The Morgan fingerprint density at radius 3 is 2.85 bits per heavy atom. The van der Waals surface area contributed by atoms with E-state index >= 15 is 0 Å². The topological polar surface area (TPSA) is 61.4 Å². The number of carboxylic acid groups (broad SMARTS) is 1. The first-order chi connectivity index (χ1) is 6.29. The van der Waals surface area contributed by atoms with Gasteiger partial charge in [-0.1, -0.05) is 6.07 Å². The van der Waals surface area contributed by atoms with E-state index in [2.05, 4.69) is 10.6 Å². The molecule has 0 fully saturated rings. The van der Waals surface area contributed by atoms with Gasteiger partial charge in [0.1, 0.15) is 0 Å². The Hall–Kier alpha value is -1.71. The number of nitrogens with one attached hydrogen (secondary N) is 2. The summed E-state index contributed by atoms with van der Waals surface area (Å²) in [4.78, 5) is 10.8. The molecule has 0 atom stereocenters. The molecule has 4 heteroatoms. The van der Waals surface area contributed by atoms with Gasteiger partial charge < -0.3 is 15.7 Å². The summed E-state index contributed by atoms with van der Waals surface area (Å²) in [5.41, 5.74) is 1.89. The average Bonchev–Trinajstić information content (AvgIpc) is 2.17. The van der Waals surface area contributed by atoms with Gasteiger partial charge in [0.05, 0.1) is 16.9 Å². The highest BCUT2D eigenvalue weighted by molar-refractivity contribution is 5.98. The van der Waals surface area contributed by atoms with Crippen molar-refractivity contribution in [2.24, 2.45) is 0 Å². The number of fused-ring (bicyclic) bond motifs is 1. The van der Waals surface area contributed by atoms with Gasteiger partial charge in [-0.2, -0.15) is 0 Å². The number of carboxylic acids is 1. The highest BCUT2D eigenvalue weighted by atomic mass is 16.4. The van der Waals surface area contributed by atoms with Crippen LogP contribution in [0, 0.1) is 0 Å². The van der Waals surface area contributed by atoms with E-state index in [1.807, 2.05) is 6.07 Å². The molecule has 0 spiro atoms. The van der Waals surface area contributed by atoms with Gasteiger partial charge in [-0.25, -0.2) is 4.79 Å². The lowest BCUT2D eigenvalue weighted by atomic mass is 10.1. The molecular weight excluding hydrogens is 168 g/mol. The van der Waals surface area contributed by atoms with Gasteiger partial charge in [0.25, 0.3) is 0 Å². The predicted octanol–water partition coefficient (Wildman–Crippen LogP) is 1.22. The zero-order chi connectivity index (χ0) is 9.26. The van der Waals surface area contributed by atoms with E-state index in [-0.39, 0.29) is 0 Å². The summed E-state index contributed by atoms with van der Waals surface area (Å²) >= 11 is 0. The first-order valence-electron chi connectivity index (χ1n) is 4.13. The molecule has 4 nitrogen and oxygen atoms in total. The van der Waals surface area contributed by atoms with Gasteiger partial charge in [-0.05, 0) is 12.1 Å². The quantitative estimate of drug-likeness (QED) is 0.605. The molecule has 13 heavy (non-hydrogen) atoms. The van der Waals surface area contributed by atoms with Crippen molar-refractivity contribution >= 4 is 17.3 Å². The number of aromatic carboxylic acids is 1. The van der Waals surface area contributed by atoms with Crippen molar-refractivity contribution in [3.8, 4) is 0 Å². The maximum Gasteiger partial charge on any atom is 0.337 e. The molecule has 2 rings (SSSR count). The molecule has 1 aliphatic heterocycles. The van der Waals surface area contributed by atoms with Crippen molar-refractivity contribution in [1.29, 1.82) is 0 Å². The molecule has 3 N–H and O–H groups in total. The predicted molar refractivity (Wildman–Crippen MR) is 50.4 cm³/mol. The first kappa shape index (κ1) is 7.91. The van der Waals surface area contributed by atoms with Gasteiger partial charge in [-0.3, -0.25) is 0 Å². The van der Waals surface area contributed by atoms with Crippen LogP contribution in [0.5, 0.6) is 0 Å². The van der Waals surface area contributed by atoms with Crippen molar-refractivity contribution in [1.82, 2.24) is 0 Å². The Bertz CT molecular complexity index is 349. The molecule has 1 aromatic rings. The van der Waals surface area contributed by atoms with Crippen molar-refractivity contribution in [2.45, 2.75) is 0 Å². The highest BCUT2D eigenvalue weighted by Crippen LogP contribution is 2.27. The van der Waals surface area contributed by atoms with Gasteiger partial charge >= 0.3 is 5.97 Å². The summed E-state index contributed by atoms with van der Waals surface area (Å²) in [6.45, 7) is 1.59. The van der Waals surface area contributed by atoms with Crippen LogP contribution in [-0.4, -0.2) is 24.2 Å². The third-order valence-electron chi connectivity index (χ3n) is 2.04. The Labute approximate surface area is 75.6 Å². The van der Waals surface area contributed by atoms with Crippen molar-refractivity contribution in [3.63, 3.8) is 0 Å². The van der Waals surface area contributed by atoms with E-state index in [1.165, 1.54) is 0 Å². The van der Waals surface area contributed by atoms with E-state index in [0.29, 0.717) is 11.3 Å². The second-order valence-electron chi connectivity index (χ2n) is 2.89. The van der Waals surface area contributed by atoms with E-state index in [0.717, 1.165) is 18.8 Å². The normalized spacial score (nSPS) is 13.8. The lowest BCUT2D eigenvalue weighted by molar-refractivity contribution is 0.0698. The van der Waals surface area contributed by atoms with Gasteiger partial charge in [0, 0.05) is 13.1 Å². The third kappa shape index (κ3) is 1.30. The maximum absolute atomic E-state index is 10.8. The monoisotopic (exact) mass is 178 g/mol. The molecule has 0 radical (unpaired) electrons. The van der Waals surface area contributed by atoms with Crippen LogP contribution in [0.1, 0.15) is 10.4 Å². The van der Waals surface area contributed by atoms with E-state index < -0.39 is 5.97 Å². The molecule has 0 saturated carbocycles. The molecule has 1 aromatic carbocycles. The number of rotatable bonds is 1. The number of benzene rings is 1. The molecule has 0 aliphatic carbocycles. The second kappa shape index (κ2) is 2.97. The molecule has 68 valence electrons. The standard InChI is InChI=1S/C9H10N2O2/c12-9(13)6-2-1-3-7-8(6)11-5-4-10-7/h1-3,10-11H,4-5H2,(H,12,13). The second-order valence-corrected chi connectivity index (χ2v) is 2.89. The average molecular weight is 178 g/mol. The van der Waals surface area contributed by atoms with Gasteiger partial charge in [0.2, 0.25) is 0 Å². The van der Waals surface area contributed by atoms with Crippen molar-refractivity contribution < 1.29 is 9.90 Å². The fourth-order valence-electron chi connectivity index (χ4n) is 1.45. The number of anilines is 2. The molecule has 0 saturated heterocycles. The largest absolute Gasteiger partial charge is 0.478 e. The van der Waals surface area contributed by atoms with Gasteiger partial charge in [0.15, 0.2) is 0 Å². The molecular formula is C9H10N2O2. The lowest BCUT2D eigenvalue weighted by Gasteiger charge is -2.21. The molecule has 1 aliphatic rings. The van der Waals surface area contributed by atoms with Crippen LogP contribution in [0.3, 0.4) is 0 Å². The van der Waals surface area contributed by atoms with Crippen molar-refractivity contribution in [3.05, 3.63) is 23.8 Å². The minimum Gasteiger partial charge on any atom is -0.478 e. The van der Waals surface area contributed by atoms with E-state index in [9.17, 15) is 4.79 Å². The zero-order valence-electron chi connectivity index (χ0n) is 7.00. The summed E-state index contributed by atoms with van der Waals surface area (Å²) < 4.78 is 0. The lowest BCUT2D eigenvalue weighted by Crippen LogP contribution is -2.22. The number of para-hydroxylation sites is 1. The molecule has 0 aromatic heterocycles. The minimum absolute atomic E-state index is 0.324. The molecule has 0 unspecified atom stereocenters. The summed E-state index contributed by atoms with van der Waals surface area (Å²) in [6.07, 6.45) is 0. The zero-order valence-corrected chi connectivity index (χ0v) is 7.00. The number of hydrogen-bond donors (Lipinski definition) is 3.